The van der Waals surface area contributed by atoms with Crippen LogP contribution in [0.1, 0.15) is 6.92 Å². The average molecular weight is 233 g/mol. The molecule has 1 fully saturated rings. The Hall–Kier alpha value is -2.06. The highest BCUT2D eigenvalue weighted by atomic mass is 16.8. The third-order valence-electron chi connectivity index (χ3n) is 1.90. The molecule has 0 aromatic carbocycles. The van der Waals surface area contributed by atoms with Gasteiger partial charge in [0.1, 0.15) is 5.92 Å². The van der Waals surface area contributed by atoms with Crippen molar-refractivity contribution in [3.63, 3.8) is 0 Å². The molecule has 1 heterocycles. The molecule has 0 amide bonds. The van der Waals surface area contributed by atoms with Crippen molar-refractivity contribution in [2.75, 3.05) is 19.9 Å². The Morgan fingerprint density at radius 2 is 2.25 bits per heavy atom. The van der Waals surface area contributed by atoms with Crippen molar-refractivity contribution in [3.05, 3.63) is 5.21 Å². The summed E-state index contributed by atoms with van der Waals surface area (Å²) in [4.78, 5) is 25.2. The van der Waals surface area contributed by atoms with Gasteiger partial charge in [-0.2, -0.15) is 0 Å². The van der Waals surface area contributed by atoms with E-state index in [9.17, 15) is 14.8 Å². The summed E-state index contributed by atoms with van der Waals surface area (Å²) in [6.07, 6.45) is 0. The van der Waals surface area contributed by atoms with Crippen molar-refractivity contribution in [1.82, 2.24) is 5.01 Å². The molecule has 0 atom stereocenters. The van der Waals surface area contributed by atoms with Gasteiger partial charge in [0.15, 0.2) is 0 Å². The summed E-state index contributed by atoms with van der Waals surface area (Å²) >= 11 is 0. The van der Waals surface area contributed by atoms with Crippen molar-refractivity contribution in [2.24, 2.45) is 11.2 Å². The van der Waals surface area contributed by atoms with Crippen LogP contribution in [0.25, 0.3) is 0 Å². The number of ether oxygens (including phenoxy) is 1. The van der Waals surface area contributed by atoms with Crippen LogP contribution < -0.4 is 0 Å². The fourth-order valence-corrected chi connectivity index (χ4v) is 0.985. The van der Waals surface area contributed by atoms with Crippen molar-refractivity contribution in [3.8, 4) is 0 Å². The number of hydrazine groups is 1. The van der Waals surface area contributed by atoms with Gasteiger partial charge in [0, 0.05) is 6.92 Å². The Labute approximate surface area is 90.4 Å². The molecule has 0 aromatic rings. The number of rotatable bonds is 5. The molecule has 1 N–H and O–H groups in total. The van der Waals surface area contributed by atoms with Crippen LogP contribution >= 0.6 is 0 Å². The molecular formula is C7H11N3O6. The maximum absolute atomic E-state index is 11.1. The molecule has 0 saturated carbocycles. The Kier molecular flexibility index (Phi) is 3.86. The van der Waals surface area contributed by atoms with Crippen LogP contribution in [0.3, 0.4) is 0 Å². The molecule has 1 saturated heterocycles. The minimum absolute atomic E-state index is 0.0826. The van der Waals surface area contributed by atoms with E-state index in [0.29, 0.717) is 0 Å². The second-order valence-electron chi connectivity index (χ2n) is 3.12. The number of aliphatic carboxylic acids is 1. The lowest BCUT2D eigenvalue weighted by molar-refractivity contribution is -0.726. The summed E-state index contributed by atoms with van der Waals surface area (Å²) in [5, 5.41) is 23.8. The zero-order chi connectivity index (χ0) is 12.1. The van der Waals surface area contributed by atoms with Crippen LogP contribution in [0.15, 0.2) is 5.28 Å². The molecule has 1 aliphatic heterocycles. The number of carbonyl (C=O) groups excluding carboxylic acids is 1. The molecule has 1 aliphatic rings. The summed E-state index contributed by atoms with van der Waals surface area (Å²) in [6, 6.07) is 0. The average Bonchev–Trinajstić information content (AvgIpc) is 2.08. The maximum Gasteiger partial charge on any atom is 0.310 e. The lowest BCUT2D eigenvalue weighted by Gasteiger charge is -2.30. The van der Waals surface area contributed by atoms with Crippen molar-refractivity contribution < 1.29 is 29.2 Å². The third kappa shape index (κ3) is 3.26. The summed E-state index contributed by atoms with van der Waals surface area (Å²) in [5.41, 5.74) is 0. The molecule has 9 nitrogen and oxygen atoms in total. The number of carboxylic acid groups (broad SMARTS) is 1. The topological polar surface area (TPSA) is 114 Å². The van der Waals surface area contributed by atoms with Crippen LogP contribution in [-0.2, 0) is 19.2 Å². The van der Waals surface area contributed by atoms with Gasteiger partial charge in [0.05, 0.1) is 18.1 Å². The molecule has 0 radical (unpaired) electrons. The highest BCUT2D eigenvalue weighted by Gasteiger charge is 2.38. The second kappa shape index (κ2) is 5.14. The highest BCUT2D eigenvalue weighted by molar-refractivity contribution is 5.71. The van der Waals surface area contributed by atoms with Gasteiger partial charge in [-0.1, -0.05) is 0 Å². The largest absolute Gasteiger partial charge is 0.569 e. The Morgan fingerprint density at radius 3 is 2.75 bits per heavy atom. The fraction of sp³-hybridized carbons (Fsp3) is 0.714. The van der Waals surface area contributed by atoms with E-state index in [1.807, 2.05) is 0 Å². The summed E-state index contributed by atoms with van der Waals surface area (Å²) in [7, 11) is 0. The number of esters is 1. The van der Waals surface area contributed by atoms with Gasteiger partial charge in [-0.25, -0.2) is 0 Å². The SMILES string of the molecule is CC(=O)OCO/N=[N+](/[O-])N1CC(C(=O)O)C1. The molecular weight excluding hydrogens is 222 g/mol. The van der Waals surface area contributed by atoms with Gasteiger partial charge in [0.2, 0.25) is 5.28 Å². The molecule has 0 aromatic heterocycles. The van der Waals surface area contributed by atoms with Crippen molar-refractivity contribution >= 4 is 11.9 Å². The monoisotopic (exact) mass is 233 g/mol. The lowest BCUT2D eigenvalue weighted by atomic mass is 10.0. The zero-order valence-electron chi connectivity index (χ0n) is 8.53. The number of carboxylic acids is 1. The summed E-state index contributed by atoms with van der Waals surface area (Å²) in [5.74, 6) is -2.06. The lowest BCUT2D eigenvalue weighted by Crippen LogP contribution is -2.53. The first-order chi connectivity index (χ1) is 7.50. The number of hydrogen-bond donors (Lipinski definition) is 1. The molecule has 90 valence electrons. The Morgan fingerprint density at radius 1 is 1.62 bits per heavy atom. The van der Waals surface area contributed by atoms with Crippen LogP contribution in [0.4, 0.5) is 0 Å². The molecule has 0 aliphatic carbocycles. The summed E-state index contributed by atoms with van der Waals surface area (Å²) < 4.78 is 4.35. The number of carbonyl (C=O) groups is 2. The number of hydrogen-bond acceptors (Lipinski definition) is 6. The standard InChI is InChI=1S/C7H11N3O6/c1-5(11)15-4-16-8-10(14)9-2-6(3-9)7(12)13/h6H,2-4H2,1H3,(H,12,13)/b10-8+. The Bertz CT molecular complexity index is 311. The minimum atomic E-state index is -0.953. The van der Waals surface area contributed by atoms with Gasteiger partial charge in [-0.05, 0) is 0 Å². The van der Waals surface area contributed by atoms with Gasteiger partial charge in [-0.15, -0.1) is 5.01 Å². The van der Waals surface area contributed by atoms with Crippen molar-refractivity contribution in [1.29, 1.82) is 0 Å². The van der Waals surface area contributed by atoms with E-state index in [-0.39, 0.29) is 18.1 Å². The fourth-order valence-electron chi connectivity index (χ4n) is 0.985. The Balaban J connectivity index is 2.20. The predicted molar refractivity (Wildman–Crippen MR) is 46.5 cm³/mol. The maximum atomic E-state index is 11.1. The second-order valence-corrected chi connectivity index (χ2v) is 3.12. The smallest absolute Gasteiger partial charge is 0.310 e. The minimum Gasteiger partial charge on any atom is -0.569 e. The van der Waals surface area contributed by atoms with E-state index >= 15 is 0 Å². The van der Waals surface area contributed by atoms with Gasteiger partial charge >= 0.3 is 11.9 Å². The molecule has 16 heavy (non-hydrogen) atoms. The molecule has 1 rings (SSSR count). The first-order valence-electron chi connectivity index (χ1n) is 4.42. The van der Waals surface area contributed by atoms with E-state index in [2.05, 4.69) is 14.9 Å². The first-order valence-corrected chi connectivity index (χ1v) is 4.42. The highest BCUT2D eigenvalue weighted by Crippen LogP contribution is 2.15. The van der Waals surface area contributed by atoms with Crippen LogP contribution in [-0.4, -0.2) is 46.9 Å². The predicted octanol–water partition coefficient (Wildman–Crippen LogP) is -0.667. The molecule has 0 spiro atoms. The molecule has 9 heteroatoms. The van der Waals surface area contributed by atoms with Gasteiger partial charge < -0.3 is 19.9 Å². The number of nitrogens with zero attached hydrogens (tertiary/aromatic N) is 3. The van der Waals surface area contributed by atoms with E-state index < -0.39 is 24.6 Å². The van der Waals surface area contributed by atoms with Crippen LogP contribution in [0, 0.1) is 11.1 Å². The van der Waals surface area contributed by atoms with Crippen LogP contribution in [0.5, 0.6) is 0 Å². The van der Waals surface area contributed by atoms with E-state index in [1.54, 1.807) is 0 Å². The van der Waals surface area contributed by atoms with Crippen molar-refractivity contribution in [2.45, 2.75) is 6.92 Å². The van der Waals surface area contributed by atoms with Crippen LogP contribution in [0.2, 0.25) is 0 Å². The third-order valence-corrected chi connectivity index (χ3v) is 1.90. The zero-order valence-corrected chi connectivity index (χ0v) is 8.53. The van der Waals surface area contributed by atoms with E-state index in [1.165, 1.54) is 6.92 Å². The van der Waals surface area contributed by atoms with Gasteiger partial charge in [-0.3, -0.25) is 9.59 Å². The molecule has 0 bridgehead atoms. The summed E-state index contributed by atoms with van der Waals surface area (Å²) in [6.45, 7) is 0.897. The normalized spacial score (nSPS) is 16.6. The van der Waals surface area contributed by atoms with E-state index in [4.69, 9.17) is 5.11 Å². The quantitative estimate of drug-likeness (QED) is 0.167. The van der Waals surface area contributed by atoms with Gasteiger partial charge in [0.25, 0.3) is 6.79 Å². The van der Waals surface area contributed by atoms with E-state index in [0.717, 1.165) is 5.01 Å². The molecule has 0 unspecified atom stereocenters. The first kappa shape index (κ1) is 12.0.